The highest BCUT2D eigenvalue weighted by molar-refractivity contribution is 7.17. The number of thiazole rings is 1. The van der Waals surface area contributed by atoms with Gasteiger partial charge in [-0.05, 0) is 27.2 Å². The molecule has 0 spiro atoms. The lowest BCUT2D eigenvalue weighted by atomic mass is 10.2. The number of carbonyl (C=O) groups is 1. The lowest BCUT2D eigenvalue weighted by Crippen LogP contribution is -2.33. The number of aryl methyl sites for hydroxylation is 2. The zero-order valence-corrected chi connectivity index (χ0v) is 12.5. The van der Waals surface area contributed by atoms with E-state index >= 15 is 0 Å². The minimum Gasteiger partial charge on any atom is -0.393 e. The molecule has 1 atom stereocenters. The highest BCUT2D eigenvalue weighted by Gasteiger charge is 2.16. The van der Waals surface area contributed by atoms with Crippen LogP contribution in [0.4, 0.5) is 0 Å². The van der Waals surface area contributed by atoms with Crippen molar-refractivity contribution in [3.05, 3.63) is 32.7 Å². The summed E-state index contributed by atoms with van der Waals surface area (Å²) < 4.78 is 1.46. The van der Waals surface area contributed by atoms with Crippen LogP contribution in [-0.2, 0) is 0 Å². The predicted octanol–water partition coefficient (Wildman–Crippen LogP) is 0.874. The van der Waals surface area contributed by atoms with Gasteiger partial charge in [0.25, 0.3) is 11.5 Å². The molecule has 0 radical (unpaired) electrons. The summed E-state index contributed by atoms with van der Waals surface area (Å²) in [5.41, 5.74) is 0.474. The second kappa shape index (κ2) is 5.72. The van der Waals surface area contributed by atoms with E-state index in [1.165, 1.54) is 21.9 Å². The third-order valence-electron chi connectivity index (χ3n) is 3.11. The maximum absolute atomic E-state index is 12.3. The first-order chi connectivity index (χ1) is 9.41. The number of nitrogens with one attached hydrogen (secondary N) is 1. The third-order valence-corrected chi connectivity index (χ3v) is 4.18. The first kappa shape index (κ1) is 14.7. The highest BCUT2D eigenvalue weighted by Crippen LogP contribution is 2.18. The van der Waals surface area contributed by atoms with Crippen molar-refractivity contribution in [2.24, 2.45) is 0 Å². The molecule has 0 aromatic carbocycles. The molecular formula is C13H17N3O3S. The average Bonchev–Trinajstić information content (AvgIpc) is 2.65. The predicted molar refractivity (Wildman–Crippen MR) is 77.4 cm³/mol. The molecule has 1 amide bonds. The number of hydrogen-bond donors (Lipinski definition) is 2. The second-order valence-corrected chi connectivity index (χ2v) is 5.91. The Hall–Kier alpha value is -1.73. The van der Waals surface area contributed by atoms with E-state index in [0.717, 1.165) is 10.6 Å². The van der Waals surface area contributed by atoms with Crippen LogP contribution in [0.15, 0.2) is 11.0 Å². The Labute approximate surface area is 120 Å². The van der Waals surface area contributed by atoms with Crippen LogP contribution in [-0.4, -0.2) is 33.0 Å². The van der Waals surface area contributed by atoms with E-state index in [4.69, 9.17) is 5.11 Å². The van der Waals surface area contributed by atoms with Crippen molar-refractivity contribution >= 4 is 22.2 Å². The molecule has 2 rings (SSSR count). The molecule has 2 aromatic rings. The normalized spacial score (nSPS) is 12.6. The molecule has 0 fully saturated rings. The summed E-state index contributed by atoms with van der Waals surface area (Å²) in [6.07, 6.45) is 1.27. The zero-order valence-electron chi connectivity index (χ0n) is 11.6. The van der Waals surface area contributed by atoms with Gasteiger partial charge in [0.05, 0.1) is 6.10 Å². The van der Waals surface area contributed by atoms with Crippen LogP contribution in [0.25, 0.3) is 4.96 Å². The molecule has 6 nitrogen and oxygen atoms in total. The van der Waals surface area contributed by atoms with E-state index in [0.29, 0.717) is 17.9 Å². The monoisotopic (exact) mass is 295 g/mol. The Morgan fingerprint density at radius 2 is 2.25 bits per heavy atom. The van der Waals surface area contributed by atoms with Crippen LogP contribution in [0.3, 0.4) is 0 Å². The Bertz CT molecular complexity index is 703. The van der Waals surface area contributed by atoms with Crippen molar-refractivity contribution < 1.29 is 9.90 Å². The molecule has 0 aliphatic rings. The Kier molecular flexibility index (Phi) is 4.20. The minimum atomic E-state index is -0.487. The van der Waals surface area contributed by atoms with Gasteiger partial charge >= 0.3 is 0 Å². The van der Waals surface area contributed by atoms with Crippen molar-refractivity contribution in [2.45, 2.75) is 33.3 Å². The van der Waals surface area contributed by atoms with Crippen molar-refractivity contribution in [1.82, 2.24) is 14.7 Å². The average molecular weight is 295 g/mol. The maximum atomic E-state index is 12.3. The van der Waals surface area contributed by atoms with E-state index in [2.05, 4.69) is 10.3 Å². The fraction of sp³-hybridized carbons (Fsp3) is 0.462. The maximum Gasteiger partial charge on any atom is 0.271 e. The number of aromatic nitrogens is 2. The summed E-state index contributed by atoms with van der Waals surface area (Å²) in [5, 5.41) is 11.8. The largest absolute Gasteiger partial charge is 0.393 e. The third kappa shape index (κ3) is 2.73. The van der Waals surface area contributed by atoms with Crippen LogP contribution in [0, 0.1) is 13.8 Å². The molecule has 0 aliphatic heterocycles. The van der Waals surface area contributed by atoms with Crippen molar-refractivity contribution in [3.63, 3.8) is 0 Å². The first-order valence-corrected chi connectivity index (χ1v) is 7.17. The number of nitrogens with zero attached hydrogens (tertiary/aromatic N) is 2. The van der Waals surface area contributed by atoms with E-state index < -0.39 is 12.0 Å². The van der Waals surface area contributed by atoms with E-state index in [-0.39, 0.29) is 11.1 Å². The molecule has 0 aliphatic carbocycles. The fourth-order valence-corrected chi connectivity index (χ4v) is 2.75. The Morgan fingerprint density at radius 1 is 1.55 bits per heavy atom. The quantitative estimate of drug-likeness (QED) is 0.877. The van der Waals surface area contributed by atoms with E-state index in [1.807, 2.05) is 13.8 Å². The summed E-state index contributed by atoms with van der Waals surface area (Å²) >= 11 is 1.42. The van der Waals surface area contributed by atoms with Gasteiger partial charge in [-0.15, -0.1) is 11.3 Å². The molecule has 0 saturated heterocycles. The summed E-state index contributed by atoms with van der Waals surface area (Å²) in [5.74, 6) is -0.458. The van der Waals surface area contributed by atoms with E-state index in [1.54, 1.807) is 6.92 Å². The molecule has 108 valence electrons. The smallest absolute Gasteiger partial charge is 0.271 e. The van der Waals surface area contributed by atoms with Gasteiger partial charge in [0.1, 0.15) is 5.56 Å². The molecule has 0 saturated carbocycles. The number of aliphatic hydroxyl groups is 1. The summed E-state index contributed by atoms with van der Waals surface area (Å²) in [6.45, 7) is 5.71. The standard InChI is InChI=1S/C13H17N3O3S/c1-7(17)4-5-14-11(18)10-6-15-13-16(12(10)19)8(2)9(3)20-13/h6-7,17H,4-5H2,1-3H3,(H,14,18). The van der Waals surface area contributed by atoms with Gasteiger partial charge in [0, 0.05) is 23.3 Å². The molecule has 1 unspecified atom stereocenters. The molecule has 2 N–H and O–H groups in total. The number of carbonyl (C=O) groups excluding carboxylic acids is 1. The van der Waals surface area contributed by atoms with Crippen LogP contribution in [0.5, 0.6) is 0 Å². The van der Waals surface area contributed by atoms with Crippen molar-refractivity contribution in [2.75, 3.05) is 6.54 Å². The molecule has 7 heteroatoms. The van der Waals surface area contributed by atoms with Gasteiger partial charge in [-0.1, -0.05) is 0 Å². The Morgan fingerprint density at radius 3 is 2.90 bits per heavy atom. The number of fused-ring (bicyclic) bond motifs is 1. The van der Waals surface area contributed by atoms with Gasteiger partial charge in [-0.3, -0.25) is 14.0 Å². The van der Waals surface area contributed by atoms with Crippen LogP contribution < -0.4 is 10.9 Å². The lowest BCUT2D eigenvalue weighted by molar-refractivity contribution is 0.0943. The fourth-order valence-electron chi connectivity index (χ4n) is 1.82. The summed E-state index contributed by atoms with van der Waals surface area (Å²) in [7, 11) is 0. The highest BCUT2D eigenvalue weighted by atomic mass is 32.1. The van der Waals surface area contributed by atoms with Crippen LogP contribution >= 0.6 is 11.3 Å². The molecule has 20 heavy (non-hydrogen) atoms. The molecular weight excluding hydrogens is 278 g/mol. The van der Waals surface area contributed by atoms with Crippen molar-refractivity contribution in [3.8, 4) is 0 Å². The lowest BCUT2D eigenvalue weighted by Gasteiger charge is -2.06. The number of rotatable bonds is 4. The molecule has 2 heterocycles. The van der Waals surface area contributed by atoms with Crippen LogP contribution in [0.1, 0.15) is 34.3 Å². The molecule has 2 aromatic heterocycles. The van der Waals surface area contributed by atoms with Gasteiger partial charge in [0.2, 0.25) is 0 Å². The first-order valence-electron chi connectivity index (χ1n) is 6.36. The topological polar surface area (TPSA) is 83.7 Å². The minimum absolute atomic E-state index is 0.0222. The Balaban J connectivity index is 2.31. The van der Waals surface area contributed by atoms with Gasteiger partial charge in [-0.2, -0.15) is 0 Å². The molecule has 0 bridgehead atoms. The zero-order chi connectivity index (χ0) is 14.9. The van der Waals surface area contributed by atoms with Crippen LogP contribution in [0.2, 0.25) is 0 Å². The van der Waals surface area contributed by atoms with Gasteiger partial charge in [0.15, 0.2) is 4.96 Å². The summed E-state index contributed by atoms with van der Waals surface area (Å²) in [6, 6.07) is 0. The second-order valence-electron chi connectivity index (χ2n) is 4.73. The number of hydrogen-bond acceptors (Lipinski definition) is 5. The van der Waals surface area contributed by atoms with E-state index in [9.17, 15) is 9.59 Å². The van der Waals surface area contributed by atoms with Gasteiger partial charge < -0.3 is 10.4 Å². The SMILES string of the molecule is Cc1sc2ncc(C(=O)NCCC(C)O)c(=O)n2c1C. The van der Waals surface area contributed by atoms with Crippen molar-refractivity contribution in [1.29, 1.82) is 0 Å². The van der Waals surface area contributed by atoms with Gasteiger partial charge in [-0.25, -0.2) is 4.98 Å². The number of amides is 1. The summed E-state index contributed by atoms with van der Waals surface area (Å²) in [4.78, 5) is 30.0. The number of aliphatic hydroxyl groups excluding tert-OH is 1.